The molecule has 1 saturated carbocycles. The van der Waals surface area contributed by atoms with Crippen molar-refractivity contribution in [3.05, 3.63) is 107 Å². The van der Waals surface area contributed by atoms with Crippen molar-refractivity contribution in [1.82, 2.24) is 4.90 Å². The molecule has 6 atom stereocenters. The molecule has 4 aliphatic rings. The number of ketones is 1. The number of aromatic hydroxyl groups is 1. The number of rotatable bonds is 5. The second-order valence-corrected chi connectivity index (χ2v) is 14.0. The smallest absolute Gasteiger partial charge is 0.254 e. The number of nitrogens with zero attached hydrogens (tertiary/aromatic N) is 2. The number of carbonyl (C=O) groups excluding carboxylic acids is 5. The number of halogens is 3. The number of imide groups is 2. The fourth-order valence-corrected chi connectivity index (χ4v) is 9.20. The Kier molecular flexibility index (Phi) is 7.30. The number of phenols is 1. The quantitative estimate of drug-likeness (QED) is 0.116. The number of aryl methyl sites for hydroxylation is 1. The van der Waals surface area contributed by atoms with E-state index in [0.29, 0.717) is 33.5 Å². The van der Waals surface area contributed by atoms with Crippen molar-refractivity contribution in [2.45, 2.75) is 35.4 Å². The molecule has 7 rings (SSSR count). The molecule has 3 fully saturated rings. The molecule has 0 spiro atoms. The van der Waals surface area contributed by atoms with Gasteiger partial charge in [0.15, 0.2) is 15.5 Å². The van der Waals surface area contributed by atoms with Crippen LogP contribution in [0.1, 0.15) is 45.8 Å². The summed E-state index contributed by atoms with van der Waals surface area (Å²) in [5, 5.41) is 11.2. The average Bonchev–Trinajstić information content (AvgIpc) is 3.40. The highest BCUT2D eigenvalue weighted by Gasteiger charge is 2.76. The van der Waals surface area contributed by atoms with Crippen LogP contribution < -0.4 is 4.90 Å². The number of anilines is 1. The van der Waals surface area contributed by atoms with Crippen LogP contribution in [0.25, 0.3) is 0 Å². The number of likely N-dealkylation sites (tertiary alicyclic amines) is 1. The summed E-state index contributed by atoms with van der Waals surface area (Å²) in [6, 6.07) is 20.2. The largest absolute Gasteiger partial charge is 0.507 e. The van der Waals surface area contributed by atoms with Gasteiger partial charge >= 0.3 is 0 Å². The van der Waals surface area contributed by atoms with Crippen LogP contribution in [-0.4, -0.2) is 54.6 Å². The SMILES string of the molecule is Cc1cccc(C2C3=CCC4C(=O)N(c5ccc(C(=O)c6ccccc6)cc5)C(=O)C4C3CC3(Cl)C(=O)N(CBr)C(=O)C23Cl)c1O. The Labute approximate surface area is 283 Å². The van der Waals surface area contributed by atoms with Gasteiger partial charge in [0.1, 0.15) is 5.75 Å². The third kappa shape index (κ3) is 4.07. The molecule has 1 N–H and O–H groups in total. The second kappa shape index (κ2) is 10.9. The maximum atomic E-state index is 14.3. The van der Waals surface area contributed by atoms with Gasteiger partial charge in [0.2, 0.25) is 11.8 Å². The number of fused-ring (bicyclic) bond motifs is 4. The van der Waals surface area contributed by atoms with Gasteiger partial charge in [-0.05, 0) is 55.5 Å². The first-order valence-electron chi connectivity index (χ1n) is 14.8. The van der Waals surface area contributed by atoms with E-state index in [9.17, 15) is 29.1 Å². The molecule has 46 heavy (non-hydrogen) atoms. The van der Waals surface area contributed by atoms with Gasteiger partial charge in [-0.15, -0.1) is 23.2 Å². The Hall–Kier alpha value is -3.79. The molecule has 2 aliphatic heterocycles. The lowest BCUT2D eigenvalue weighted by atomic mass is 9.56. The van der Waals surface area contributed by atoms with E-state index in [0.717, 1.165) is 9.80 Å². The monoisotopic (exact) mass is 720 g/mol. The minimum Gasteiger partial charge on any atom is -0.507 e. The van der Waals surface area contributed by atoms with Crippen LogP contribution in [-0.2, 0) is 19.2 Å². The fraction of sp³-hybridized carbons (Fsp3) is 0.286. The summed E-state index contributed by atoms with van der Waals surface area (Å²) >= 11 is 17.7. The number of hydrogen-bond donors (Lipinski definition) is 1. The van der Waals surface area contributed by atoms with E-state index in [4.69, 9.17) is 23.2 Å². The zero-order chi connectivity index (χ0) is 32.7. The number of hydrogen-bond acceptors (Lipinski definition) is 6. The van der Waals surface area contributed by atoms with Crippen LogP contribution in [0.4, 0.5) is 5.69 Å². The first kappa shape index (κ1) is 30.8. The molecule has 3 aromatic carbocycles. The van der Waals surface area contributed by atoms with Gasteiger partial charge in [-0.25, -0.2) is 0 Å². The van der Waals surface area contributed by atoms with Crippen LogP contribution in [0.2, 0.25) is 0 Å². The zero-order valence-electron chi connectivity index (χ0n) is 24.5. The lowest BCUT2D eigenvalue weighted by Crippen LogP contribution is -2.60. The van der Waals surface area contributed by atoms with Crippen molar-refractivity contribution in [2.24, 2.45) is 17.8 Å². The van der Waals surface area contributed by atoms with Crippen LogP contribution in [0, 0.1) is 24.7 Å². The molecule has 6 unspecified atom stereocenters. The number of carbonyl (C=O) groups is 5. The first-order chi connectivity index (χ1) is 22.0. The van der Waals surface area contributed by atoms with E-state index in [1.165, 1.54) is 0 Å². The van der Waals surface area contributed by atoms with Gasteiger partial charge in [-0.1, -0.05) is 76.1 Å². The van der Waals surface area contributed by atoms with E-state index in [1.54, 1.807) is 73.7 Å². The summed E-state index contributed by atoms with van der Waals surface area (Å²) in [7, 11) is 0. The summed E-state index contributed by atoms with van der Waals surface area (Å²) in [4.78, 5) is 67.0. The lowest BCUT2D eigenvalue weighted by molar-refractivity contribution is -0.138. The normalized spacial score (nSPS) is 30.2. The van der Waals surface area contributed by atoms with E-state index >= 15 is 0 Å². The van der Waals surface area contributed by atoms with E-state index in [-0.39, 0.29) is 29.8 Å². The maximum Gasteiger partial charge on any atom is 0.254 e. The van der Waals surface area contributed by atoms with Gasteiger partial charge in [-0.2, -0.15) is 0 Å². The predicted molar refractivity (Wildman–Crippen MR) is 175 cm³/mol. The minimum absolute atomic E-state index is 0.0895. The number of phenolic OH excluding ortho intramolecular Hbond substituents is 1. The molecule has 4 amide bonds. The van der Waals surface area contributed by atoms with E-state index in [2.05, 4.69) is 15.9 Å². The molecule has 0 bridgehead atoms. The standard InChI is InChI=1S/C35H27BrCl2N2O6/c1-18-6-5-9-24(28(18)41)27-22-14-15-23-26(25(22)16-34(37)32(45)39(17-36)33(46)35(27,34)38)31(44)40(30(23)43)21-12-10-20(11-13-21)29(42)19-7-3-2-4-8-19/h2-14,23,25-27,41H,15-17H2,1H3. The highest BCUT2D eigenvalue weighted by Crippen LogP contribution is 2.66. The van der Waals surface area contributed by atoms with Gasteiger partial charge in [0.05, 0.1) is 23.0 Å². The molecule has 234 valence electrons. The van der Waals surface area contributed by atoms with Crippen molar-refractivity contribution >= 4 is 74.2 Å². The molecule has 8 nitrogen and oxygen atoms in total. The Bertz CT molecular complexity index is 1880. The van der Waals surface area contributed by atoms with Crippen molar-refractivity contribution in [2.75, 3.05) is 10.4 Å². The van der Waals surface area contributed by atoms with Crippen LogP contribution >= 0.6 is 39.1 Å². The first-order valence-corrected chi connectivity index (χ1v) is 16.7. The number of alkyl halides is 3. The highest BCUT2D eigenvalue weighted by molar-refractivity contribution is 9.09. The number of benzene rings is 3. The number of para-hydroxylation sites is 1. The minimum atomic E-state index is -1.99. The summed E-state index contributed by atoms with van der Waals surface area (Å²) < 4.78 is 0. The van der Waals surface area contributed by atoms with E-state index in [1.807, 2.05) is 12.1 Å². The van der Waals surface area contributed by atoms with Crippen molar-refractivity contribution < 1.29 is 29.1 Å². The van der Waals surface area contributed by atoms with Gasteiger partial charge < -0.3 is 5.11 Å². The zero-order valence-corrected chi connectivity index (χ0v) is 27.6. The Balaban J connectivity index is 1.29. The summed E-state index contributed by atoms with van der Waals surface area (Å²) in [6.07, 6.45) is 1.86. The Morgan fingerprint density at radius 3 is 2.24 bits per heavy atom. The molecular weight excluding hydrogens is 695 g/mol. The topological polar surface area (TPSA) is 112 Å². The summed E-state index contributed by atoms with van der Waals surface area (Å²) in [6.45, 7) is 1.71. The molecular formula is C35H27BrCl2N2O6. The highest BCUT2D eigenvalue weighted by atomic mass is 79.9. The summed E-state index contributed by atoms with van der Waals surface area (Å²) in [5.74, 6) is -5.92. The van der Waals surface area contributed by atoms with Crippen molar-refractivity contribution in [3.63, 3.8) is 0 Å². The predicted octanol–water partition coefficient (Wildman–Crippen LogP) is 5.85. The molecule has 3 aromatic rings. The Morgan fingerprint density at radius 2 is 1.57 bits per heavy atom. The third-order valence-corrected chi connectivity index (χ3v) is 11.9. The van der Waals surface area contributed by atoms with Crippen LogP contribution in [0.3, 0.4) is 0 Å². The molecule has 2 aliphatic carbocycles. The maximum absolute atomic E-state index is 14.3. The van der Waals surface area contributed by atoms with Crippen molar-refractivity contribution in [1.29, 1.82) is 0 Å². The third-order valence-electron chi connectivity index (χ3n) is 10.0. The Morgan fingerprint density at radius 1 is 0.891 bits per heavy atom. The average molecular weight is 722 g/mol. The van der Waals surface area contributed by atoms with Gasteiger partial charge in [-0.3, -0.25) is 33.8 Å². The van der Waals surface area contributed by atoms with Crippen LogP contribution in [0.15, 0.2) is 84.4 Å². The number of amides is 4. The van der Waals surface area contributed by atoms with Crippen LogP contribution in [0.5, 0.6) is 5.75 Å². The molecule has 0 aromatic heterocycles. The number of allylic oxidation sites excluding steroid dienone is 2. The second-order valence-electron chi connectivity index (χ2n) is 12.3. The molecule has 11 heteroatoms. The molecule has 2 heterocycles. The van der Waals surface area contributed by atoms with Gasteiger partial charge in [0, 0.05) is 22.6 Å². The van der Waals surface area contributed by atoms with E-state index < -0.39 is 57.0 Å². The summed E-state index contributed by atoms with van der Waals surface area (Å²) in [5.41, 5.74) is 2.57. The van der Waals surface area contributed by atoms with Gasteiger partial charge in [0.25, 0.3) is 11.8 Å². The molecule has 2 saturated heterocycles. The lowest BCUT2D eigenvalue weighted by Gasteiger charge is -2.50. The van der Waals surface area contributed by atoms with Crippen molar-refractivity contribution in [3.8, 4) is 5.75 Å². The fourth-order valence-electron chi connectivity index (χ4n) is 7.79. The molecule has 0 radical (unpaired) electrons.